The third-order valence-electron chi connectivity index (χ3n) is 5.72. The molecule has 2 aliphatic rings. The highest BCUT2D eigenvalue weighted by atomic mass is 16.5. The van der Waals surface area contributed by atoms with Crippen LogP contribution in [-0.4, -0.2) is 18.6 Å². The molecule has 1 heterocycles. The van der Waals surface area contributed by atoms with E-state index in [2.05, 4.69) is 47.4 Å². The van der Waals surface area contributed by atoms with Crippen molar-refractivity contribution >= 4 is 5.91 Å². The fraction of sp³-hybridized carbons (Fsp3) is 0.435. The van der Waals surface area contributed by atoms with Crippen LogP contribution in [0.25, 0.3) is 0 Å². The number of ether oxygens (including phenoxy) is 1. The molecule has 1 fully saturated rings. The minimum absolute atomic E-state index is 0.0566. The number of hydrogen-bond donors (Lipinski definition) is 3. The fourth-order valence-corrected chi connectivity index (χ4v) is 4.14. The van der Waals surface area contributed by atoms with Crippen molar-refractivity contribution < 1.29 is 9.53 Å². The highest BCUT2D eigenvalue weighted by molar-refractivity contribution is 5.82. The maximum Gasteiger partial charge on any atom is 0.239 e. The largest absolute Gasteiger partial charge is 0.493 e. The molecule has 0 aromatic heterocycles. The molecule has 3 atom stereocenters. The van der Waals surface area contributed by atoms with Crippen molar-refractivity contribution in [3.8, 4) is 5.75 Å². The summed E-state index contributed by atoms with van der Waals surface area (Å²) in [6, 6.07) is 16.4. The lowest BCUT2D eigenvalue weighted by Crippen LogP contribution is -2.44. The number of amides is 1. The van der Waals surface area contributed by atoms with Gasteiger partial charge in [-0.3, -0.25) is 4.79 Å². The molecule has 3 N–H and O–H groups in total. The monoisotopic (exact) mass is 379 g/mol. The van der Waals surface area contributed by atoms with Gasteiger partial charge in [-0.2, -0.15) is 0 Å². The maximum atomic E-state index is 12.8. The van der Waals surface area contributed by atoms with Crippen molar-refractivity contribution in [1.29, 1.82) is 0 Å². The van der Waals surface area contributed by atoms with Crippen molar-refractivity contribution in [2.24, 2.45) is 0 Å². The first-order valence-electron chi connectivity index (χ1n) is 10.4. The summed E-state index contributed by atoms with van der Waals surface area (Å²) in [5, 5.41) is 3.23. The molecule has 5 heteroatoms. The van der Waals surface area contributed by atoms with E-state index >= 15 is 0 Å². The molecule has 148 valence electrons. The molecule has 0 bridgehead atoms. The van der Waals surface area contributed by atoms with Gasteiger partial charge in [0.2, 0.25) is 5.91 Å². The van der Waals surface area contributed by atoms with Crippen molar-refractivity contribution in [2.75, 3.05) is 6.61 Å². The number of hydrazine groups is 1. The Morgan fingerprint density at radius 1 is 1.11 bits per heavy atom. The Labute approximate surface area is 166 Å². The van der Waals surface area contributed by atoms with Crippen LogP contribution < -0.4 is 20.9 Å². The summed E-state index contributed by atoms with van der Waals surface area (Å²) in [4.78, 5) is 12.8. The molecule has 1 amide bonds. The molecule has 3 unspecified atom stereocenters. The zero-order valence-electron chi connectivity index (χ0n) is 16.4. The van der Waals surface area contributed by atoms with Gasteiger partial charge in [0.25, 0.3) is 0 Å². The summed E-state index contributed by atoms with van der Waals surface area (Å²) < 4.78 is 5.96. The van der Waals surface area contributed by atoms with E-state index < -0.39 is 0 Å². The highest BCUT2D eigenvalue weighted by Crippen LogP contribution is 2.33. The van der Waals surface area contributed by atoms with E-state index in [0.29, 0.717) is 6.42 Å². The average Bonchev–Trinajstić information content (AvgIpc) is 3.37. The van der Waals surface area contributed by atoms with E-state index in [4.69, 9.17) is 4.74 Å². The third kappa shape index (κ3) is 4.05. The third-order valence-corrected chi connectivity index (χ3v) is 5.72. The summed E-state index contributed by atoms with van der Waals surface area (Å²) in [5.41, 5.74) is 10.2. The number of unbranched alkanes of at least 4 members (excludes halogenated alkanes) is 1. The molecule has 28 heavy (non-hydrogen) atoms. The molecule has 0 radical (unpaired) electrons. The van der Waals surface area contributed by atoms with Crippen LogP contribution in [0.3, 0.4) is 0 Å². The number of fused-ring (bicyclic) bond motifs is 1. The van der Waals surface area contributed by atoms with Crippen molar-refractivity contribution in [3.63, 3.8) is 0 Å². The predicted octanol–water partition coefficient (Wildman–Crippen LogP) is 3.58. The molecule has 2 aromatic rings. The Balaban J connectivity index is 1.38. The second-order valence-corrected chi connectivity index (χ2v) is 7.67. The second-order valence-electron chi connectivity index (χ2n) is 7.67. The van der Waals surface area contributed by atoms with Crippen LogP contribution in [0.4, 0.5) is 0 Å². The summed E-state index contributed by atoms with van der Waals surface area (Å²) >= 11 is 0. The van der Waals surface area contributed by atoms with Crippen LogP contribution in [0.2, 0.25) is 0 Å². The Morgan fingerprint density at radius 2 is 1.89 bits per heavy atom. The standard InChI is InChI=1S/C23H29N3O2/c1-2-3-14-28-22-11-7-6-10-18(22)20-15-21(26-25-20)23(27)24-19-13-12-16-8-4-5-9-17(16)19/h4-11,19-21,25-26H,2-3,12-15H2,1H3,(H,24,27). The van der Waals surface area contributed by atoms with Gasteiger partial charge in [-0.25, -0.2) is 10.9 Å². The zero-order chi connectivity index (χ0) is 19.3. The van der Waals surface area contributed by atoms with Gasteiger partial charge in [0, 0.05) is 5.56 Å². The lowest BCUT2D eigenvalue weighted by molar-refractivity contribution is -0.123. The quantitative estimate of drug-likeness (QED) is 0.644. The summed E-state index contributed by atoms with van der Waals surface area (Å²) in [5.74, 6) is 0.960. The van der Waals surface area contributed by atoms with Gasteiger partial charge in [0.15, 0.2) is 0 Å². The van der Waals surface area contributed by atoms with E-state index in [9.17, 15) is 4.79 Å². The van der Waals surface area contributed by atoms with E-state index in [1.165, 1.54) is 11.1 Å². The van der Waals surface area contributed by atoms with Crippen LogP contribution in [0.15, 0.2) is 48.5 Å². The molecule has 1 saturated heterocycles. The molecule has 5 nitrogen and oxygen atoms in total. The topological polar surface area (TPSA) is 62.4 Å². The summed E-state index contributed by atoms with van der Waals surface area (Å²) in [6.45, 7) is 2.88. The SMILES string of the molecule is CCCCOc1ccccc1C1CC(C(=O)NC2CCc3ccccc32)NN1. The number of carbonyl (C=O) groups excluding carboxylic acids is 1. The molecular formula is C23H29N3O2. The van der Waals surface area contributed by atoms with Crippen molar-refractivity contribution in [1.82, 2.24) is 16.2 Å². The minimum Gasteiger partial charge on any atom is -0.493 e. The number of carbonyl (C=O) groups is 1. The van der Waals surface area contributed by atoms with E-state index in [1.54, 1.807) is 0 Å². The Hall–Kier alpha value is -2.37. The number of aryl methyl sites for hydroxylation is 1. The van der Waals surface area contributed by atoms with Crippen molar-refractivity contribution in [3.05, 3.63) is 65.2 Å². The van der Waals surface area contributed by atoms with Crippen LogP contribution in [0.5, 0.6) is 5.75 Å². The molecular weight excluding hydrogens is 350 g/mol. The van der Waals surface area contributed by atoms with Crippen LogP contribution in [0, 0.1) is 0 Å². The Bertz CT molecular complexity index is 823. The molecule has 2 aromatic carbocycles. The summed E-state index contributed by atoms with van der Waals surface area (Å²) in [6.07, 6.45) is 4.86. The highest BCUT2D eigenvalue weighted by Gasteiger charge is 2.33. The Kier molecular flexibility index (Phi) is 5.93. The first kappa shape index (κ1) is 19.0. The first-order chi connectivity index (χ1) is 13.8. The normalized spacial score (nSPS) is 23.4. The summed E-state index contributed by atoms with van der Waals surface area (Å²) in [7, 11) is 0. The first-order valence-corrected chi connectivity index (χ1v) is 10.4. The van der Waals surface area contributed by atoms with Gasteiger partial charge in [0.1, 0.15) is 11.8 Å². The van der Waals surface area contributed by atoms with E-state index in [0.717, 1.165) is 43.6 Å². The lowest BCUT2D eigenvalue weighted by Gasteiger charge is -2.17. The molecule has 4 rings (SSSR count). The maximum absolute atomic E-state index is 12.8. The van der Waals surface area contributed by atoms with Gasteiger partial charge in [0.05, 0.1) is 18.7 Å². The number of benzene rings is 2. The van der Waals surface area contributed by atoms with Crippen molar-refractivity contribution in [2.45, 2.75) is 57.2 Å². The molecule has 0 spiro atoms. The van der Waals surface area contributed by atoms with E-state index in [1.807, 2.05) is 24.3 Å². The lowest BCUT2D eigenvalue weighted by atomic mass is 10.0. The predicted molar refractivity (Wildman–Crippen MR) is 110 cm³/mol. The van der Waals surface area contributed by atoms with Gasteiger partial charge < -0.3 is 10.1 Å². The fourth-order valence-electron chi connectivity index (χ4n) is 4.14. The molecule has 1 aliphatic carbocycles. The van der Waals surface area contributed by atoms with Gasteiger partial charge in [-0.1, -0.05) is 55.8 Å². The van der Waals surface area contributed by atoms with Gasteiger partial charge >= 0.3 is 0 Å². The van der Waals surface area contributed by atoms with Gasteiger partial charge in [-0.15, -0.1) is 0 Å². The number of nitrogens with one attached hydrogen (secondary N) is 3. The number of hydrogen-bond acceptors (Lipinski definition) is 4. The Morgan fingerprint density at radius 3 is 2.75 bits per heavy atom. The van der Waals surface area contributed by atoms with Crippen LogP contribution >= 0.6 is 0 Å². The second kappa shape index (κ2) is 8.76. The van der Waals surface area contributed by atoms with Gasteiger partial charge in [-0.05, 0) is 42.9 Å². The number of para-hydroxylation sites is 1. The van der Waals surface area contributed by atoms with E-state index in [-0.39, 0.29) is 24.0 Å². The van der Waals surface area contributed by atoms with Crippen LogP contribution in [-0.2, 0) is 11.2 Å². The molecule has 1 aliphatic heterocycles. The molecule has 0 saturated carbocycles. The minimum atomic E-state index is -0.249. The zero-order valence-corrected chi connectivity index (χ0v) is 16.4. The number of rotatable bonds is 7. The smallest absolute Gasteiger partial charge is 0.239 e. The van der Waals surface area contributed by atoms with Crippen LogP contribution in [0.1, 0.15) is 61.4 Å². The average molecular weight is 380 g/mol.